The minimum absolute atomic E-state index is 0.0976. The van der Waals surface area contributed by atoms with E-state index in [4.69, 9.17) is 0 Å². The molecule has 0 saturated heterocycles. The highest BCUT2D eigenvalue weighted by molar-refractivity contribution is 7.11. The molecule has 0 aliphatic heterocycles. The van der Waals surface area contributed by atoms with Crippen LogP contribution in [0.1, 0.15) is 42.5 Å². The fourth-order valence-electron chi connectivity index (χ4n) is 2.38. The molecule has 2 N–H and O–H groups in total. The number of aromatic nitrogens is 1. The lowest BCUT2D eigenvalue weighted by Crippen LogP contribution is -2.42. The molecule has 1 aliphatic carbocycles. The number of carboxylic acids is 1. The van der Waals surface area contributed by atoms with Crippen molar-refractivity contribution in [2.45, 2.75) is 45.4 Å². The minimum atomic E-state index is -0.841. The van der Waals surface area contributed by atoms with E-state index in [0.29, 0.717) is 25.8 Å². The highest BCUT2D eigenvalue weighted by atomic mass is 32.1. The summed E-state index contributed by atoms with van der Waals surface area (Å²) in [6, 6.07) is 0. The minimum Gasteiger partial charge on any atom is -0.481 e. The summed E-state index contributed by atoms with van der Waals surface area (Å²) < 4.78 is 0. The molecule has 1 aromatic rings. The predicted octanol–water partition coefficient (Wildman–Crippen LogP) is 2.01. The summed E-state index contributed by atoms with van der Waals surface area (Å²) in [5, 5.41) is 13.0. The van der Waals surface area contributed by atoms with Crippen LogP contribution in [0.15, 0.2) is 6.20 Å². The van der Waals surface area contributed by atoms with Crippen molar-refractivity contribution in [3.63, 3.8) is 0 Å². The third-order valence-corrected chi connectivity index (χ3v) is 5.08. The van der Waals surface area contributed by atoms with Crippen LogP contribution in [0.25, 0.3) is 0 Å². The van der Waals surface area contributed by atoms with Gasteiger partial charge in [-0.25, -0.2) is 4.98 Å². The summed E-state index contributed by atoms with van der Waals surface area (Å²) in [5.74, 6) is -1.01. The van der Waals surface area contributed by atoms with E-state index in [0.717, 1.165) is 17.8 Å². The third-order valence-electron chi connectivity index (χ3n) is 3.87. The maximum Gasteiger partial charge on any atom is 0.310 e. The lowest BCUT2D eigenvalue weighted by molar-refractivity contribution is -0.157. The molecule has 0 unspecified atom stereocenters. The van der Waals surface area contributed by atoms with Crippen LogP contribution >= 0.6 is 11.3 Å². The average molecular weight is 296 g/mol. The Balaban J connectivity index is 1.74. The van der Waals surface area contributed by atoms with Gasteiger partial charge in [0.1, 0.15) is 0 Å². The number of aliphatic carboxylic acids is 1. The van der Waals surface area contributed by atoms with E-state index in [1.807, 2.05) is 6.20 Å². The molecule has 0 bridgehead atoms. The first-order valence-electron chi connectivity index (χ1n) is 6.99. The molecule has 2 rings (SSSR count). The molecule has 0 spiro atoms. The molecule has 1 aromatic heterocycles. The summed E-state index contributed by atoms with van der Waals surface area (Å²) in [4.78, 5) is 28.5. The number of hydrogen-bond acceptors (Lipinski definition) is 4. The first kappa shape index (κ1) is 15.0. The van der Waals surface area contributed by atoms with Crippen LogP contribution in [0.5, 0.6) is 0 Å². The second-order valence-electron chi connectivity index (χ2n) is 5.29. The number of hydrogen-bond donors (Lipinski definition) is 2. The van der Waals surface area contributed by atoms with Crippen molar-refractivity contribution in [3.8, 4) is 0 Å². The van der Waals surface area contributed by atoms with Crippen LogP contribution < -0.4 is 5.32 Å². The van der Waals surface area contributed by atoms with Gasteiger partial charge >= 0.3 is 5.97 Å². The van der Waals surface area contributed by atoms with Gasteiger partial charge in [-0.15, -0.1) is 11.3 Å². The number of carboxylic acid groups (broad SMARTS) is 1. The standard InChI is InChI=1S/C14H20N2O3S/c1-2-10-9-16-12(20-10)4-7-15-11(17)8-14(13(18)19)5-3-6-14/h9H,2-8H2,1H3,(H,15,17)(H,18,19). The maximum absolute atomic E-state index is 11.8. The number of carbonyl (C=O) groups is 2. The molecule has 1 amide bonds. The van der Waals surface area contributed by atoms with Crippen LogP contribution in [0.4, 0.5) is 0 Å². The first-order chi connectivity index (χ1) is 9.55. The van der Waals surface area contributed by atoms with Gasteiger partial charge in [0.25, 0.3) is 0 Å². The Hall–Kier alpha value is -1.43. The molecule has 1 aliphatic rings. The SMILES string of the molecule is CCc1cnc(CCNC(=O)CC2(C(=O)O)CCC2)s1. The van der Waals surface area contributed by atoms with Gasteiger partial charge in [-0.2, -0.15) is 0 Å². The smallest absolute Gasteiger partial charge is 0.310 e. The molecule has 1 fully saturated rings. The van der Waals surface area contributed by atoms with E-state index in [1.54, 1.807) is 11.3 Å². The number of thiazole rings is 1. The van der Waals surface area contributed by atoms with E-state index in [2.05, 4.69) is 17.2 Å². The molecule has 6 heteroatoms. The van der Waals surface area contributed by atoms with Gasteiger partial charge in [0.15, 0.2) is 0 Å². The van der Waals surface area contributed by atoms with Gasteiger partial charge in [0.2, 0.25) is 5.91 Å². The number of nitrogens with zero attached hydrogens (tertiary/aromatic N) is 1. The predicted molar refractivity (Wildman–Crippen MR) is 76.7 cm³/mol. The van der Waals surface area contributed by atoms with Crippen LogP contribution in [0, 0.1) is 5.41 Å². The normalized spacial score (nSPS) is 16.4. The van der Waals surface area contributed by atoms with E-state index in [1.165, 1.54) is 4.88 Å². The molecular weight excluding hydrogens is 276 g/mol. The summed E-state index contributed by atoms with van der Waals surface area (Å²) in [5.41, 5.74) is -0.805. The summed E-state index contributed by atoms with van der Waals surface area (Å²) >= 11 is 1.66. The largest absolute Gasteiger partial charge is 0.481 e. The second-order valence-corrected chi connectivity index (χ2v) is 6.49. The van der Waals surface area contributed by atoms with Crippen molar-refractivity contribution in [1.82, 2.24) is 10.3 Å². The molecule has 0 atom stereocenters. The van der Waals surface area contributed by atoms with Gasteiger partial charge in [-0.3, -0.25) is 9.59 Å². The Morgan fingerprint density at radius 2 is 2.25 bits per heavy atom. The van der Waals surface area contributed by atoms with Gasteiger partial charge in [0, 0.05) is 30.5 Å². The number of rotatable bonds is 7. The topological polar surface area (TPSA) is 79.3 Å². The van der Waals surface area contributed by atoms with Crippen molar-refractivity contribution >= 4 is 23.2 Å². The van der Waals surface area contributed by atoms with Crippen LogP contribution in [-0.4, -0.2) is 28.5 Å². The van der Waals surface area contributed by atoms with Crippen molar-refractivity contribution in [1.29, 1.82) is 0 Å². The quantitative estimate of drug-likeness (QED) is 0.806. The molecule has 5 nitrogen and oxygen atoms in total. The molecule has 0 aromatic carbocycles. The number of aryl methyl sites for hydroxylation is 1. The molecule has 0 radical (unpaired) electrons. The van der Waals surface area contributed by atoms with Crippen molar-refractivity contribution in [2.75, 3.05) is 6.54 Å². The fourth-order valence-corrected chi connectivity index (χ4v) is 3.24. The monoisotopic (exact) mass is 296 g/mol. The fraction of sp³-hybridized carbons (Fsp3) is 0.643. The maximum atomic E-state index is 11.8. The summed E-state index contributed by atoms with van der Waals surface area (Å²) in [7, 11) is 0. The van der Waals surface area contributed by atoms with Crippen LogP contribution in [0.3, 0.4) is 0 Å². The van der Waals surface area contributed by atoms with Crippen molar-refractivity contribution in [3.05, 3.63) is 16.1 Å². The molecule has 1 saturated carbocycles. The number of carbonyl (C=O) groups excluding carboxylic acids is 1. The van der Waals surface area contributed by atoms with Crippen molar-refractivity contribution in [2.24, 2.45) is 5.41 Å². The third kappa shape index (κ3) is 3.36. The average Bonchev–Trinajstić information content (AvgIpc) is 2.81. The second kappa shape index (κ2) is 6.35. The van der Waals surface area contributed by atoms with Gasteiger partial charge < -0.3 is 10.4 Å². The van der Waals surface area contributed by atoms with Crippen LogP contribution in [-0.2, 0) is 22.4 Å². The highest BCUT2D eigenvalue weighted by Crippen LogP contribution is 2.44. The molecule has 20 heavy (non-hydrogen) atoms. The van der Waals surface area contributed by atoms with Gasteiger partial charge in [-0.1, -0.05) is 13.3 Å². The van der Waals surface area contributed by atoms with E-state index < -0.39 is 11.4 Å². The zero-order valence-electron chi connectivity index (χ0n) is 11.6. The van der Waals surface area contributed by atoms with E-state index >= 15 is 0 Å². The van der Waals surface area contributed by atoms with Crippen LogP contribution in [0.2, 0.25) is 0 Å². The molecular formula is C14H20N2O3S. The molecule has 1 heterocycles. The number of nitrogens with one attached hydrogen (secondary N) is 1. The van der Waals surface area contributed by atoms with Crippen molar-refractivity contribution < 1.29 is 14.7 Å². The zero-order valence-corrected chi connectivity index (χ0v) is 12.5. The first-order valence-corrected chi connectivity index (χ1v) is 7.81. The summed E-state index contributed by atoms with van der Waals surface area (Å²) in [6.45, 7) is 2.61. The Bertz CT molecular complexity index is 494. The molecule has 110 valence electrons. The zero-order chi connectivity index (χ0) is 14.6. The van der Waals surface area contributed by atoms with E-state index in [9.17, 15) is 14.7 Å². The van der Waals surface area contributed by atoms with Gasteiger partial charge in [0.05, 0.1) is 10.4 Å². The Morgan fingerprint density at radius 3 is 2.75 bits per heavy atom. The Morgan fingerprint density at radius 1 is 1.50 bits per heavy atom. The Kier molecular flexibility index (Phi) is 4.75. The highest BCUT2D eigenvalue weighted by Gasteiger charge is 2.45. The van der Waals surface area contributed by atoms with E-state index in [-0.39, 0.29) is 12.3 Å². The lowest BCUT2D eigenvalue weighted by Gasteiger charge is -2.36. The summed E-state index contributed by atoms with van der Waals surface area (Å²) in [6.07, 6.45) is 5.78. The lowest BCUT2D eigenvalue weighted by atomic mass is 9.66. The number of amides is 1. The Labute approximate surface area is 122 Å². The van der Waals surface area contributed by atoms with Gasteiger partial charge in [-0.05, 0) is 19.3 Å².